The van der Waals surface area contributed by atoms with E-state index in [-0.39, 0.29) is 0 Å². The number of rotatable bonds is 21. The first-order valence-corrected chi connectivity index (χ1v) is 10.7. The minimum absolute atomic E-state index is 0.706. The molecule has 0 atom stereocenters. The van der Waals surface area contributed by atoms with Crippen molar-refractivity contribution in [2.24, 2.45) is 22.9 Å². The summed E-state index contributed by atoms with van der Waals surface area (Å²) in [6, 6.07) is 0. The molecule has 0 aliphatic carbocycles. The first-order valence-electron chi connectivity index (χ1n) is 10.7. The second kappa shape index (κ2) is 30.4. The third kappa shape index (κ3) is 33.6. The highest BCUT2D eigenvalue weighted by Crippen LogP contribution is 1.85. The quantitative estimate of drug-likeness (QED) is 0.0948. The van der Waals surface area contributed by atoms with Crippen molar-refractivity contribution >= 4 is 0 Å². The van der Waals surface area contributed by atoms with Crippen LogP contribution in [0.1, 0.15) is 25.7 Å². The summed E-state index contributed by atoms with van der Waals surface area (Å²) in [5.41, 5.74) is 21.4. The molecule has 0 saturated heterocycles. The first kappa shape index (κ1) is 28.8. The van der Waals surface area contributed by atoms with Crippen molar-refractivity contribution in [1.82, 2.24) is 26.6 Å². The molecule has 13 N–H and O–H groups in total. The zero-order chi connectivity index (χ0) is 20.3. The maximum absolute atomic E-state index is 5.38. The predicted molar refractivity (Wildman–Crippen MR) is 119 cm³/mol. The monoisotopic (exact) mass is 391 g/mol. The average Bonchev–Trinajstić information content (AvgIpc) is 2.69. The fraction of sp³-hybridized carbons (Fsp3) is 1.00. The van der Waals surface area contributed by atoms with Crippen LogP contribution < -0.4 is 49.5 Å². The molecule has 0 aliphatic rings. The zero-order valence-corrected chi connectivity index (χ0v) is 17.5. The first-order chi connectivity index (χ1) is 13.3. The number of nitrogens with two attached hydrogens (primary N) is 4. The van der Waals surface area contributed by atoms with Crippen molar-refractivity contribution < 1.29 is 0 Å². The van der Waals surface area contributed by atoms with Crippen molar-refractivity contribution in [2.45, 2.75) is 25.7 Å². The van der Waals surface area contributed by atoms with E-state index in [1.54, 1.807) is 0 Å². The van der Waals surface area contributed by atoms with Gasteiger partial charge in [0.1, 0.15) is 0 Å². The van der Waals surface area contributed by atoms with E-state index in [4.69, 9.17) is 22.9 Å². The summed E-state index contributed by atoms with van der Waals surface area (Å²) in [6.45, 7) is 13.0. The molecule has 0 unspecified atom stereocenters. The van der Waals surface area contributed by atoms with Crippen LogP contribution in [0.15, 0.2) is 0 Å². The highest BCUT2D eigenvalue weighted by atomic mass is 15.0. The summed E-state index contributed by atoms with van der Waals surface area (Å²) in [4.78, 5) is 0. The highest BCUT2D eigenvalue weighted by Gasteiger charge is 1.89. The van der Waals surface area contributed by atoms with Crippen molar-refractivity contribution in [3.8, 4) is 0 Å². The van der Waals surface area contributed by atoms with Crippen molar-refractivity contribution in [1.29, 1.82) is 0 Å². The topological polar surface area (TPSA) is 164 Å². The molecule has 0 radical (unpaired) electrons. The molecule has 0 aliphatic heterocycles. The van der Waals surface area contributed by atoms with E-state index in [1.807, 2.05) is 0 Å². The summed E-state index contributed by atoms with van der Waals surface area (Å²) in [5, 5.41) is 16.4. The molecule has 0 aromatic heterocycles. The maximum atomic E-state index is 5.38. The molecule has 0 bridgehead atoms. The molecule has 0 rings (SSSR count). The Morgan fingerprint density at radius 3 is 0.926 bits per heavy atom. The smallest absolute Gasteiger partial charge is 0.00772 e. The zero-order valence-electron chi connectivity index (χ0n) is 17.5. The molecular weight excluding hydrogens is 342 g/mol. The minimum atomic E-state index is 0.706. The van der Waals surface area contributed by atoms with Crippen molar-refractivity contribution in [3.63, 3.8) is 0 Å². The lowest BCUT2D eigenvalue weighted by Gasteiger charge is -2.06. The molecule has 0 aromatic carbocycles. The summed E-state index contributed by atoms with van der Waals surface area (Å²) < 4.78 is 0. The standard InChI is InChI=1S/C10H26N4.C8H23N5/c11-5-3-9-13-7-1-2-8-14-10-4-6-12;9-1-3-11-5-7-13-8-6-12-4-2-10/h13-14H,1-12H2;11-13H,1-10H2. The van der Waals surface area contributed by atoms with E-state index in [9.17, 15) is 0 Å². The van der Waals surface area contributed by atoms with Gasteiger partial charge in [-0.2, -0.15) is 0 Å². The molecule has 0 fully saturated rings. The van der Waals surface area contributed by atoms with Gasteiger partial charge in [-0.15, -0.1) is 0 Å². The maximum Gasteiger partial charge on any atom is 0.00772 e. The summed E-state index contributed by atoms with van der Waals surface area (Å²) in [7, 11) is 0. The summed E-state index contributed by atoms with van der Waals surface area (Å²) >= 11 is 0. The SMILES string of the molecule is NCCCNCCCCNCCCN.NCCNCCNCCNCCN. The number of hydrogen-bond donors (Lipinski definition) is 9. The Balaban J connectivity index is 0. The van der Waals surface area contributed by atoms with Crippen LogP contribution in [-0.4, -0.2) is 91.6 Å². The van der Waals surface area contributed by atoms with Crippen LogP contribution in [0.5, 0.6) is 0 Å². The fourth-order valence-corrected chi connectivity index (χ4v) is 2.14. The Kier molecular flexibility index (Phi) is 32.4. The van der Waals surface area contributed by atoms with Crippen LogP contribution in [0.2, 0.25) is 0 Å². The Morgan fingerprint density at radius 1 is 0.296 bits per heavy atom. The number of unbranched alkanes of at least 4 members (excludes halogenated alkanes) is 1. The Labute approximate surface area is 167 Å². The lowest BCUT2D eigenvalue weighted by atomic mass is 10.3. The molecule has 0 saturated carbocycles. The third-order valence-corrected chi connectivity index (χ3v) is 3.67. The summed E-state index contributed by atoms with van der Waals surface area (Å²) in [5.74, 6) is 0. The van der Waals surface area contributed by atoms with Gasteiger partial charge in [0, 0.05) is 52.4 Å². The largest absolute Gasteiger partial charge is 0.330 e. The van der Waals surface area contributed by atoms with E-state index >= 15 is 0 Å². The highest BCUT2D eigenvalue weighted by molar-refractivity contribution is 4.55. The van der Waals surface area contributed by atoms with Crippen molar-refractivity contribution in [3.05, 3.63) is 0 Å². The van der Waals surface area contributed by atoms with Crippen LogP contribution in [0.25, 0.3) is 0 Å². The normalized spacial score (nSPS) is 10.7. The van der Waals surface area contributed by atoms with Crippen LogP contribution in [0, 0.1) is 0 Å². The molecule has 27 heavy (non-hydrogen) atoms. The number of hydrogen-bond acceptors (Lipinski definition) is 9. The van der Waals surface area contributed by atoms with Crippen LogP contribution >= 0.6 is 0 Å². The van der Waals surface area contributed by atoms with Gasteiger partial charge in [-0.25, -0.2) is 0 Å². The molecule has 0 aromatic rings. The van der Waals surface area contributed by atoms with Crippen LogP contribution in [-0.2, 0) is 0 Å². The van der Waals surface area contributed by atoms with Gasteiger partial charge in [-0.05, 0) is 65.0 Å². The van der Waals surface area contributed by atoms with Gasteiger partial charge in [0.2, 0.25) is 0 Å². The van der Waals surface area contributed by atoms with E-state index in [0.29, 0.717) is 13.1 Å². The van der Waals surface area contributed by atoms with Gasteiger partial charge in [-0.1, -0.05) is 0 Å². The van der Waals surface area contributed by atoms with Crippen molar-refractivity contribution in [2.75, 3.05) is 91.6 Å². The Morgan fingerprint density at radius 2 is 0.593 bits per heavy atom. The molecule has 0 heterocycles. The lowest BCUT2D eigenvalue weighted by Crippen LogP contribution is -2.35. The van der Waals surface area contributed by atoms with E-state index < -0.39 is 0 Å². The fourth-order valence-electron chi connectivity index (χ4n) is 2.14. The van der Waals surface area contributed by atoms with Gasteiger partial charge in [-0.3, -0.25) is 0 Å². The average molecular weight is 392 g/mol. The summed E-state index contributed by atoms with van der Waals surface area (Å²) in [6.07, 6.45) is 4.63. The molecule has 166 valence electrons. The van der Waals surface area contributed by atoms with Gasteiger partial charge >= 0.3 is 0 Å². The minimum Gasteiger partial charge on any atom is -0.330 e. The third-order valence-electron chi connectivity index (χ3n) is 3.67. The molecule has 9 heteroatoms. The lowest BCUT2D eigenvalue weighted by molar-refractivity contribution is 0.570. The molecule has 0 amide bonds. The van der Waals surface area contributed by atoms with Gasteiger partial charge in [0.05, 0.1) is 0 Å². The number of nitrogens with one attached hydrogen (secondary N) is 5. The second-order valence-corrected chi connectivity index (χ2v) is 6.32. The Hall–Kier alpha value is -0.360. The molecule has 9 nitrogen and oxygen atoms in total. The van der Waals surface area contributed by atoms with Gasteiger partial charge in [0.25, 0.3) is 0 Å². The van der Waals surface area contributed by atoms with Gasteiger partial charge < -0.3 is 49.5 Å². The van der Waals surface area contributed by atoms with E-state index in [1.165, 1.54) is 12.8 Å². The second-order valence-electron chi connectivity index (χ2n) is 6.32. The molecule has 0 spiro atoms. The van der Waals surface area contributed by atoms with Crippen LogP contribution in [0.3, 0.4) is 0 Å². The van der Waals surface area contributed by atoms with Crippen LogP contribution in [0.4, 0.5) is 0 Å². The van der Waals surface area contributed by atoms with E-state index in [0.717, 1.165) is 91.4 Å². The van der Waals surface area contributed by atoms with E-state index in [2.05, 4.69) is 26.6 Å². The Bertz CT molecular complexity index is 211. The predicted octanol–water partition coefficient (Wildman–Crippen LogP) is -2.68. The van der Waals surface area contributed by atoms with Gasteiger partial charge in [0.15, 0.2) is 0 Å². The molecular formula is C18H49N9.